The average molecular weight is 413 g/mol. The number of aromatic nitrogens is 5. The van der Waals surface area contributed by atoms with Crippen LogP contribution in [0.4, 0.5) is 0 Å². The minimum Gasteiger partial charge on any atom is -0.283 e. The molecule has 7 nitrogen and oxygen atoms in total. The highest BCUT2D eigenvalue weighted by atomic mass is 16.2. The van der Waals surface area contributed by atoms with Gasteiger partial charge in [-0.2, -0.15) is 4.98 Å². The summed E-state index contributed by atoms with van der Waals surface area (Å²) in [6.07, 6.45) is 1.91. The molecule has 0 aliphatic carbocycles. The molecule has 0 radical (unpaired) electrons. The normalized spacial score (nSPS) is 11.6. The van der Waals surface area contributed by atoms with E-state index in [1.54, 1.807) is 11.4 Å². The van der Waals surface area contributed by atoms with E-state index in [1.807, 2.05) is 54.9 Å². The van der Waals surface area contributed by atoms with Crippen molar-refractivity contribution in [3.8, 4) is 5.69 Å². The lowest BCUT2D eigenvalue weighted by Gasteiger charge is -2.10. The first kappa shape index (κ1) is 19.1. The molecule has 2 aromatic carbocycles. The Kier molecular flexibility index (Phi) is 4.22. The predicted octanol–water partition coefficient (Wildman–Crippen LogP) is 3.11. The summed E-state index contributed by atoms with van der Waals surface area (Å²) < 4.78 is 6.56. The Hall–Kier alpha value is -3.87. The Morgan fingerprint density at radius 1 is 0.968 bits per heavy atom. The van der Waals surface area contributed by atoms with E-state index in [1.165, 1.54) is 9.13 Å². The van der Waals surface area contributed by atoms with Gasteiger partial charge < -0.3 is 0 Å². The van der Waals surface area contributed by atoms with Gasteiger partial charge in [0.2, 0.25) is 5.78 Å². The van der Waals surface area contributed by atoms with E-state index in [-0.39, 0.29) is 17.8 Å². The number of rotatable bonds is 3. The van der Waals surface area contributed by atoms with Gasteiger partial charge in [-0.3, -0.25) is 22.9 Å². The molecule has 0 N–H and O–H groups in total. The van der Waals surface area contributed by atoms with E-state index < -0.39 is 0 Å². The molecule has 7 heteroatoms. The highest BCUT2D eigenvalue weighted by Crippen LogP contribution is 2.24. The largest absolute Gasteiger partial charge is 0.332 e. The topological polar surface area (TPSA) is 66.2 Å². The fourth-order valence-corrected chi connectivity index (χ4v) is 4.17. The van der Waals surface area contributed by atoms with Crippen molar-refractivity contribution < 1.29 is 0 Å². The van der Waals surface area contributed by atoms with Crippen LogP contribution in [-0.2, 0) is 13.6 Å². The van der Waals surface area contributed by atoms with E-state index in [2.05, 4.69) is 25.1 Å². The van der Waals surface area contributed by atoms with Gasteiger partial charge in [0, 0.05) is 18.9 Å². The molecule has 0 amide bonds. The molecule has 0 saturated heterocycles. The van der Waals surface area contributed by atoms with Crippen LogP contribution in [0, 0.1) is 20.8 Å². The zero-order valence-corrected chi connectivity index (χ0v) is 18.0. The smallest absolute Gasteiger partial charge is 0.283 e. The Morgan fingerprint density at radius 3 is 2.45 bits per heavy atom. The van der Waals surface area contributed by atoms with E-state index >= 15 is 0 Å². The van der Waals surface area contributed by atoms with Crippen molar-refractivity contribution in [2.45, 2.75) is 27.3 Å². The number of hydrogen-bond donors (Lipinski definition) is 0. The third-order valence-electron chi connectivity index (χ3n) is 5.82. The molecule has 0 aliphatic rings. The second-order valence-corrected chi connectivity index (χ2v) is 8.07. The Morgan fingerprint density at radius 2 is 1.71 bits per heavy atom. The Balaban J connectivity index is 1.83. The summed E-state index contributed by atoms with van der Waals surface area (Å²) in [5.41, 5.74) is 5.18. The number of benzene rings is 2. The number of imidazole rings is 2. The van der Waals surface area contributed by atoms with Gasteiger partial charge in [0.25, 0.3) is 5.56 Å². The molecule has 0 spiro atoms. The molecule has 0 unspecified atom stereocenters. The lowest BCUT2D eigenvalue weighted by atomic mass is 10.1. The van der Waals surface area contributed by atoms with Gasteiger partial charge >= 0.3 is 5.69 Å². The summed E-state index contributed by atoms with van der Waals surface area (Å²) in [6.45, 7) is 6.31. The summed E-state index contributed by atoms with van der Waals surface area (Å²) in [5, 5.41) is 0. The molecular formula is C24H23N5O2. The summed E-state index contributed by atoms with van der Waals surface area (Å²) in [6, 6.07) is 15.8. The van der Waals surface area contributed by atoms with Gasteiger partial charge in [-0.15, -0.1) is 0 Å². The lowest BCUT2D eigenvalue weighted by Crippen LogP contribution is -2.39. The quantitative estimate of drug-likeness (QED) is 0.457. The van der Waals surface area contributed by atoms with Gasteiger partial charge in [-0.25, -0.2) is 4.79 Å². The van der Waals surface area contributed by atoms with Gasteiger partial charge in [0.1, 0.15) is 0 Å². The maximum atomic E-state index is 13.4. The Labute approximate surface area is 178 Å². The van der Waals surface area contributed by atoms with Crippen LogP contribution in [0.5, 0.6) is 0 Å². The predicted molar refractivity (Wildman–Crippen MR) is 121 cm³/mol. The van der Waals surface area contributed by atoms with Gasteiger partial charge in [0.15, 0.2) is 11.2 Å². The molecule has 0 atom stereocenters. The molecule has 0 fully saturated rings. The van der Waals surface area contributed by atoms with Gasteiger partial charge in [-0.1, -0.05) is 42.5 Å². The summed E-state index contributed by atoms with van der Waals surface area (Å²) >= 11 is 0. The fourth-order valence-electron chi connectivity index (χ4n) is 4.17. The van der Waals surface area contributed by atoms with Crippen molar-refractivity contribution in [3.63, 3.8) is 0 Å². The van der Waals surface area contributed by atoms with Crippen LogP contribution in [-0.4, -0.2) is 23.1 Å². The van der Waals surface area contributed by atoms with Crippen molar-refractivity contribution in [2.75, 3.05) is 0 Å². The minimum absolute atomic E-state index is 0.214. The zero-order chi connectivity index (χ0) is 21.9. The number of hydrogen-bond acceptors (Lipinski definition) is 3. The van der Waals surface area contributed by atoms with Crippen molar-refractivity contribution in [1.29, 1.82) is 0 Å². The number of aryl methyl sites for hydroxylation is 4. The maximum Gasteiger partial charge on any atom is 0.332 e. The summed E-state index contributed by atoms with van der Waals surface area (Å²) in [5.74, 6) is 0.616. The molecular weight excluding hydrogens is 390 g/mol. The fraction of sp³-hybridized carbons (Fsp3) is 0.208. The first-order chi connectivity index (χ1) is 14.9. The Bertz CT molecular complexity index is 1580. The van der Waals surface area contributed by atoms with Crippen LogP contribution >= 0.6 is 0 Å². The molecule has 0 bridgehead atoms. The van der Waals surface area contributed by atoms with Crippen LogP contribution in [0.15, 0.2) is 64.3 Å². The molecule has 3 aromatic heterocycles. The second kappa shape index (κ2) is 6.84. The number of fused-ring (bicyclic) bond motifs is 3. The highest BCUT2D eigenvalue weighted by Gasteiger charge is 2.21. The lowest BCUT2D eigenvalue weighted by molar-refractivity contribution is 0.656. The van der Waals surface area contributed by atoms with Crippen molar-refractivity contribution in [3.05, 3.63) is 98.0 Å². The SMILES string of the molecule is Cc1ccc(C)c(-n2c(C)cn3c4c(=O)n(Cc5ccccc5)c(=O)n(C)c4nc23)c1. The third kappa shape index (κ3) is 2.84. The van der Waals surface area contributed by atoms with E-state index in [9.17, 15) is 9.59 Å². The van der Waals surface area contributed by atoms with E-state index in [0.29, 0.717) is 16.9 Å². The summed E-state index contributed by atoms with van der Waals surface area (Å²) in [7, 11) is 1.66. The third-order valence-corrected chi connectivity index (χ3v) is 5.82. The van der Waals surface area contributed by atoms with E-state index in [0.717, 1.165) is 28.1 Å². The highest BCUT2D eigenvalue weighted by molar-refractivity contribution is 5.76. The molecule has 0 aliphatic heterocycles. The molecule has 5 aromatic rings. The van der Waals surface area contributed by atoms with Gasteiger partial charge in [0.05, 0.1) is 12.2 Å². The molecule has 0 saturated carbocycles. The van der Waals surface area contributed by atoms with Crippen molar-refractivity contribution in [2.24, 2.45) is 7.05 Å². The van der Waals surface area contributed by atoms with Crippen molar-refractivity contribution in [1.82, 2.24) is 23.1 Å². The first-order valence-corrected chi connectivity index (χ1v) is 10.2. The monoisotopic (exact) mass is 413 g/mol. The average Bonchev–Trinajstić information content (AvgIpc) is 3.27. The number of nitrogens with zero attached hydrogens (tertiary/aromatic N) is 5. The van der Waals surface area contributed by atoms with Crippen LogP contribution < -0.4 is 11.2 Å². The van der Waals surface area contributed by atoms with E-state index in [4.69, 9.17) is 4.98 Å². The zero-order valence-electron chi connectivity index (χ0n) is 18.0. The minimum atomic E-state index is -0.378. The van der Waals surface area contributed by atoms with Crippen LogP contribution in [0.3, 0.4) is 0 Å². The second-order valence-electron chi connectivity index (χ2n) is 8.07. The van der Waals surface area contributed by atoms with Crippen molar-refractivity contribution >= 4 is 16.9 Å². The van der Waals surface area contributed by atoms with Crippen LogP contribution in [0.25, 0.3) is 22.6 Å². The molecule has 5 rings (SSSR count). The van der Waals surface area contributed by atoms with Crippen LogP contribution in [0.1, 0.15) is 22.4 Å². The van der Waals surface area contributed by atoms with Gasteiger partial charge in [-0.05, 0) is 43.5 Å². The first-order valence-electron chi connectivity index (χ1n) is 10.2. The summed E-state index contributed by atoms with van der Waals surface area (Å²) in [4.78, 5) is 31.2. The molecule has 156 valence electrons. The standard InChI is InChI=1S/C24H23N5O2/c1-15-10-11-16(2)19(12-15)29-17(3)13-27-20-21(25-23(27)29)26(4)24(31)28(22(20)30)14-18-8-6-5-7-9-18/h5-13H,14H2,1-4H3. The van der Waals surface area contributed by atoms with Crippen LogP contribution in [0.2, 0.25) is 0 Å². The maximum absolute atomic E-state index is 13.4. The molecule has 31 heavy (non-hydrogen) atoms. The molecule has 3 heterocycles.